The molecule has 3 amide bonds. The van der Waals surface area contributed by atoms with E-state index in [9.17, 15) is 32.3 Å². The lowest BCUT2D eigenvalue weighted by atomic mass is 9.46. The molecule has 5 saturated carbocycles. The van der Waals surface area contributed by atoms with Gasteiger partial charge < -0.3 is 25.4 Å². The zero-order chi connectivity index (χ0) is 27.1. The predicted octanol–water partition coefficient (Wildman–Crippen LogP) is 2.80. The molecule has 6 rings (SSSR count). The maximum atomic E-state index is 14.2. The van der Waals surface area contributed by atoms with Gasteiger partial charge in [-0.15, -0.1) is 0 Å². The van der Waals surface area contributed by atoms with Crippen molar-refractivity contribution in [2.75, 3.05) is 0 Å². The normalized spacial score (nSPS) is 38.5. The number of piperidine rings is 1. The summed E-state index contributed by atoms with van der Waals surface area (Å²) >= 11 is 0. The summed E-state index contributed by atoms with van der Waals surface area (Å²) in [6, 6.07) is -2.11. The van der Waals surface area contributed by atoms with Crippen LogP contribution in [0.25, 0.3) is 0 Å². The van der Waals surface area contributed by atoms with Crippen LogP contribution in [0.15, 0.2) is 0 Å². The fraction of sp³-hybridized carbons (Fsp3) is 0.840. The molecule has 1 saturated heterocycles. The first-order valence-electron chi connectivity index (χ1n) is 12.9. The number of ether oxygens (including phenoxy) is 2. The maximum absolute atomic E-state index is 14.2. The summed E-state index contributed by atoms with van der Waals surface area (Å²) in [4.78, 5) is 52.7. The van der Waals surface area contributed by atoms with Crippen molar-refractivity contribution in [1.29, 1.82) is 0 Å². The van der Waals surface area contributed by atoms with Gasteiger partial charge in [-0.3, -0.25) is 9.59 Å². The van der Waals surface area contributed by atoms with E-state index in [1.807, 2.05) is 0 Å². The van der Waals surface area contributed by atoms with E-state index in [-0.39, 0.29) is 30.2 Å². The van der Waals surface area contributed by atoms with E-state index < -0.39 is 58.8 Å². The summed E-state index contributed by atoms with van der Waals surface area (Å²) in [5, 5.41) is 2.74. The number of carbonyl (C=O) groups excluding carboxylic acids is 4. The number of nitrogens with two attached hydrogens (primary N) is 1. The molecule has 1 aliphatic heterocycles. The van der Waals surface area contributed by atoms with E-state index in [0.717, 1.165) is 12.8 Å². The minimum absolute atomic E-state index is 0.0181. The molecule has 3 N–H and O–H groups in total. The molecule has 2 unspecified atom stereocenters. The number of nitrogens with one attached hydrogen (secondary N) is 1. The third kappa shape index (κ3) is 4.76. The zero-order valence-electron chi connectivity index (χ0n) is 21.2. The van der Waals surface area contributed by atoms with Crippen LogP contribution in [0, 0.1) is 23.2 Å². The van der Waals surface area contributed by atoms with Crippen LogP contribution in [0.4, 0.5) is 18.0 Å². The first-order chi connectivity index (χ1) is 17.0. The van der Waals surface area contributed by atoms with E-state index in [4.69, 9.17) is 15.2 Å². The van der Waals surface area contributed by atoms with E-state index in [2.05, 4.69) is 5.32 Å². The largest absolute Gasteiger partial charge is 0.490 e. The molecule has 0 radical (unpaired) electrons. The smallest absolute Gasteiger partial charge is 0.452 e. The highest BCUT2D eigenvalue weighted by Gasteiger charge is 2.66. The molecule has 0 aromatic heterocycles. The number of fused-ring (bicyclic) bond motifs is 1. The van der Waals surface area contributed by atoms with Crippen LogP contribution in [-0.2, 0) is 23.9 Å². The maximum Gasteiger partial charge on any atom is 0.490 e. The molecule has 6 aliphatic rings. The molecule has 206 valence electrons. The van der Waals surface area contributed by atoms with Gasteiger partial charge in [-0.25, -0.2) is 9.59 Å². The first kappa shape index (κ1) is 26.1. The fourth-order valence-corrected chi connectivity index (χ4v) is 8.04. The summed E-state index contributed by atoms with van der Waals surface area (Å²) < 4.78 is 50.1. The lowest BCUT2D eigenvalue weighted by Crippen LogP contribution is -2.68. The number of carbonyl (C=O) groups is 4. The fourth-order valence-electron chi connectivity index (χ4n) is 8.04. The average Bonchev–Trinajstić information content (AvgIpc) is 3.37. The number of likely N-dealkylation sites (tertiary alicyclic amines) is 1. The number of hydrogen-bond donors (Lipinski definition) is 2. The zero-order valence-corrected chi connectivity index (χ0v) is 21.2. The quantitative estimate of drug-likeness (QED) is 0.527. The lowest BCUT2D eigenvalue weighted by Gasteiger charge is -2.63. The van der Waals surface area contributed by atoms with Gasteiger partial charge in [-0.05, 0) is 89.9 Å². The first-order valence-corrected chi connectivity index (χ1v) is 12.9. The molecule has 9 nitrogen and oxygen atoms in total. The van der Waals surface area contributed by atoms with Crippen LogP contribution < -0.4 is 11.1 Å². The van der Waals surface area contributed by atoms with Crippen LogP contribution in [0.2, 0.25) is 0 Å². The highest BCUT2D eigenvalue weighted by Crippen LogP contribution is 2.64. The van der Waals surface area contributed by atoms with Gasteiger partial charge >= 0.3 is 18.2 Å². The van der Waals surface area contributed by atoms with Gasteiger partial charge in [0.25, 0.3) is 0 Å². The van der Waals surface area contributed by atoms with Crippen LogP contribution in [0.3, 0.4) is 0 Å². The van der Waals surface area contributed by atoms with Crippen molar-refractivity contribution < 1.29 is 41.8 Å². The predicted molar refractivity (Wildman–Crippen MR) is 121 cm³/mol. The van der Waals surface area contributed by atoms with Gasteiger partial charge in [0.15, 0.2) is 0 Å². The lowest BCUT2D eigenvalue weighted by molar-refractivity contribution is -0.240. The van der Waals surface area contributed by atoms with Crippen molar-refractivity contribution in [3.8, 4) is 0 Å². The topological polar surface area (TPSA) is 128 Å². The minimum Gasteiger partial charge on any atom is -0.452 e. The number of alkyl carbamates (subject to hydrolysis) is 1. The van der Waals surface area contributed by atoms with Gasteiger partial charge in [0.2, 0.25) is 11.8 Å². The molecular weight excluding hydrogens is 495 g/mol. The van der Waals surface area contributed by atoms with Crippen LogP contribution in [0.5, 0.6) is 0 Å². The molecule has 0 spiro atoms. The van der Waals surface area contributed by atoms with Gasteiger partial charge in [0.1, 0.15) is 23.3 Å². The second-order valence-electron chi connectivity index (χ2n) is 12.9. The Hall–Kier alpha value is -2.53. The second-order valence-corrected chi connectivity index (χ2v) is 12.9. The van der Waals surface area contributed by atoms with Crippen molar-refractivity contribution in [3.63, 3.8) is 0 Å². The Kier molecular flexibility index (Phi) is 5.81. The standard InChI is InChI=1S/C25H34F3N3O6/c1-22(2,3)37-21(35)30-17(19(33)31-15-5-14(15)6-16(31)18(29)32)23-7-12-4-13(8-23)10-24(9-12,11-23)36-20(34)25(26,27)28/h12-17H,4-11H2,1-3H3,(H2,29,32)(H,30,35)/t12-,13+,14-,15-,16-,17+,23?,24?/m0/s1. The summed E-state index contributed by atoms with van der Waals surface area (Å²) in [5.41, 5.74) is 2.45. The number of primary amides is 1. The van der Waals surface area contributed by atoms with Crippen molar-refractivity contribution >= 4 is 23.9 Å². The highest BCUT2D eigenvalue weighted by atomic mass is 19.4. The SMILES string of the molecule is CC(C)(C)OC(=O)N[C@H](C(=O)N1[C@H](C(N)=O)C[C@@H]2C[C@@H]21)C12C[C@@H]3C[C@@H](CC(OC(=O)C(F)(F)F)(C3)C1)C2. The van der Waals surface area contributed by atoms with Gasteiger partial charge in [0, 0.05) is 11.5 Å². The number of hydrogen-bond acceptors (Lipinski definition) is 6. The molecule has 0 aromatic carbocycles. The molecule has 8 atom stereocenters. The van der Waals surface area contributed by atoms with E-state index in [1.54, 1.807) is 20.8 Å². The number of nitrogens with zero attached hydrogens (tertiary/aromatic N) is 1. The second kappa shape index (κ2) is 8.23. The number of halogens is 3. The van der Waals surface area contributed by atoms with Crippen molar-refractivity contribution in [2.45, 2.75) is 108 Å². The third-order valence-corrected chi connectivity index (χ3v) is 8.80. The molecule has 0 aromatic rings. The van der Waals surface area contributed by atoms with Gasteiger partial charge in [0.05, 0.1) is 0 Å². The molecule has 1 heterocycles. The Labute approximate surface area is 212 Å². The molecular formula is C25H34F3N3O6. The van der Waals surface area contributed by atoms with Crippen molar-refractivity contribution in [3.05, 3.63) is 0 Å². The number of rotatable bonds is 5. The molecule has 12 heteroatoms. The summed E-state index contributed by atoms with van der Waals surface area (Å²) in [5.74, 6) is -3.29. The Morgan fingerprint density at radius 1 is 1.00 bits per heavy atom. The van der Waals surface area contributed by atoms with Crippen LogP contribution >= 0.6 is 0 Å². The van der Waals surface area contributed by atoms with Crippen LogP contribution in [-0.4, -0.2) is 64.3 Å². The van der Waals surface area contributed by atoms with E-state index in [0.29, 0.717) is 32.1 Å². The number of alkyl halides is 3. The summed E-state index contributed by atoms with van der Waals surface area (Å²) in [6.07, 6.45) is -2.43. The minimum atomic E-state index is -5.13. The Morgan fingerprint density at radius 2 is 1.62 bits per heavy atom. The third-order valence-electron chi connectivity index (χ3n) is 8.80. The molecule has 6 fully saturated rings. The van der Waals surface area contributed by atoms with E-state index in [1.165, 1.54) is 4.90 Å². The van der Waals surface area contributed by atoms with Gasteiger partial charge in [-0.1, -0.05) is 0 Å². The van der Waals surface area contributed by atoms with Crippen molar-refractivity contribution in [2.24, 2.45) is 28.9 Å². The monoisotopic (exact) mass is 529 g/mol. The molecule has 5 aliphatic carbocycles. The molecule has 4 bridgehead atoms. The summed E-state index contributed by atoms with van der Waals surface area (Å²) in [6.45, 7) is 5.04. The van der Waals surface area contributed by atoms with Gasteiger partial charge in [-0.2, -0.15) is 13.2 Å². The summed E-state index contributed by atoms with van der Waals surface area (Å²) in [7, 11) is 0. The Balaban J connectivity index is 1.49. The van der Waals surface area contributed by atoms with Crippen molar-refractivity contribution in [1.82, 2.24) is 10.2 Å². The number of amides is 3. The van der Waals surface area contributed by atoms with E-state index >= 15 is 0 Å². The number of esters is 1. The van der Waals surface area contributed by atoms with Crippen LogP contribution in [0.1, 0.15) is 72.1 Å². The molecule has 37 heavy (non-hydrogen) atoms. The highest BCUT2D eigenvalue weighted by molar-refractivity contribution is 5.93. The Bertz CT molecular complexity index is 1010. The average molecular weight is 530 g/mol. The Morgan fingerprint density at radius 3 is 2.16 bits per heavy atom.